The molecule has 0 aliphatic heterocycles. The van der Waals surface area contributed by atoms with E-state index in [0.29, 0.717) is 16.3 Å². The number of benzene rings is 1. The molecular formula is C12H14ClNO4. The molecular weight excluding hydrogens is 258 g/mol. The van der Waals surface area contributed by atoms with Crippen LogP contribution in [-0.4, -0.2) is 24.1 Å². The van der Waals surface area contributed by atoms with Gasteiger partial charge in [0.2, 0.25) is 5.91 Å². The highest BCUT2D eigenvalue weighted by molar-refractivity contribution is 6.31. The summed E-state index contributed by atoms with van der Waals surface area (Å²) in [5, 5.41) is 11.5. The van der Waals surface area contributed by atoms with Crippen molar-refractivity contribution >= 4 is 23.5 Å². The zero-order valence-electron chi connectivity index (χ0n) is 9.90. The van der Waals surface area contributed by atoms with Crippen LogP contribution in [0.3, 0.4) is 0 Å². The fourth-order valence-corrected chi connectivity index (χ4v) is 1.63. The standard InChI is InChI=1S/C12H14ClNO4/c1-18-10-4-2-3-9(13)8(10)7-14-11(15)5-6-12(16)17/h2-4H,5-7H2,1H3,(H,14,15)(H,16,17). The Kier molecular flexibility index (Phi) is 5.45. The van der Waals surface area contributed by atoms with Crippen molar-refractivity contribution in [1.82, 2.24) is 5.32 Å². The van der Waals surface area contributed by atoms with Gasteiger partial charge in [-0.15, -0.1) is 0 Å². The molecule has 1 aromatic rings. The Balaban J connectivity index is 2.58. The summed E-state index contributed by atoms with van der Waals surface area (Å²) >= 11 is 5.99. The molecule has 0 spiro atoms. The van der Waals surface area contributed by atoms with E-state index in [2.05, 4.69) is 5.32 Å². The van der Waals surface area contributed by atoms with Crippen LogP contribution in [0.25, 0.3) is 0 Å². The maximum absolute atomic E-state index is 11.4. The summed E-state index contributed by atoms with van der Waals surface area (Å²) in [7, 11) is 1.52. The third kappa shape index (κ3) is 4.25. The predicted molar refractivity (Wildman–Crippen MR) is 66.7 cm³/mol. The number of hydrogen-bond donors (Lipinski definition) is 2. The summed E-state index contributed by atoms with van der Waals surface area (Å²) in [4.78, 5) is 21.7. The largest absolute Gasteiger partial charge is 0.496 e. The lowest BCUT2D eigenvalue weighted by Crippen LogP contribution is -2.23. The molecule has 0 atom stereocenters. The van der Waals surface area contributed by atoms with Crippen LogP contribution >= 0.6 is 11.6 Å². The van der Waals surface area contributed by atoms with E-state index in [1.165, 1.54) is 7.11 Å². The number of carbonyl (C=O) groups is 2. The lowest BCUT2D eigenvalue weighted by atomic mass is 10.2. The van der Waals surface area contributed by atoms with Crippen LogP contribution < -0.4 is 10.1 Å². The van der Waals surface area contributed by atoms with Crippen molar-refractivity contribution in [1.29, 1.82) is 0 Å². The first-order valence-electron chi connectivity index (χ1n) is 5.34. The molecule has 18 heavy (non-hydrogen) atoms. The third-order valence-corrected chi connectivity index (χ3v) is 2.68. The second-order valence-electron chi connectivity index (χ2n) is 3.59. The van der Waals surface area contributed by atoms with Crippen LogP contribution in [0, 0.1) is 0 Å². The van der Waals surface area contributed by atoms with E-state index < -0.39 is 5.97 Å². The van der Waals surface area contributed by atoms with Crippen LogP contribution in [0.5, 0.6) is 5.75 Å². The Morgan fingerprint density at radius 3 is 2.72 bits per heavy atom. The van der Waals surface area contributed by atoms with Crippen molar-refractivity contribution in [3.05, 3.63) is 28.8 Å². The third-order valence-electron chi connectivity index (χ3n) is 2.32. The van der Waals surface area contributed by atoms with Gasteiger partial charge >= 0.3 is 5.97 Å². The number of methoxy groups -OCH3 is 1. The Morgan fingerprint density at radius 2 is 2.11 bits per heavy atom. The monoisotopic (exact) mass is 271 g/mol. The first kappa shape index (κ1) is 14.3. The molecule has 0 aliphatic carbocycles. The Hall–Kier alpha value is -1.75. The van der Waals surface area contributed by atoms with Gasteiger partial charge in [0.25, 0.3) is 0 Å². The summed E-state index contributed by atoms with van der Waals surface area (Å²) in [5.74, 6) is -0.749. The number of aliphatic carboxylic acids is 1. The number of carboxylic acid groups (broad SMARTS) is 1. The molecule has 5 nitrogen and oxygen atoms in total. The van der Waals surface area contributed by atoms with Gasteiger partial charge in [0.15, 0.2) is 0 Å². The summed E-state index contributed by atoms with van der Waals surface area (Å²) < 4.78 is 5.13. The number of nitrogens with one attached hydrogen (secondary N) is 1. The number of ether oxygens (including phenoxy) is 1. The topological polar surface area (TPSA) is 75.6 Å². The summed E-state index contributed by atoms with van der Waals surface area (Å²) in [6.07, 6.45) is -0.242. The zero-order chi connectivity index (χ0) is 13.5. The van der Waals surface area contributed by atoms with Crippen molar-refractivity contribution in [3.63, 3.8) is 0 Å². The molecule has 0 heterocycles. The van der Waals surface area contributed by atoms with E-state index in [0.717, 1.165) is 0 Å². The smallest absolute Gasteiger partial charge is 0.303 e. The molecule has 1 aromatic carbocycles. The van der Waals surface area contributed by atoms with Crippen LogP contribution in [-0.2, 0) is 16.1 Å². The van der Waals surface area contributed by atoms with E-state index in [4.69, 9.17) is 21.4 Å². The second kappa shape index (κ2) is 6.86. The van der Waals surface area contributed by atoms with Crippen molar-refractivity contribution in [2.24, 2.45) is 0 Å². The van der Waals surface area contributed by atoms with E-state index >= 15 is 0 Å². The molecule has 0 fully saturated rings. The van der Waals surface area contributed by atoms with Crippen LogP contribution in [0.1, 0.15) is 18.4 Å². The van der Waals surface area contributed by atoms with Gasteiger partial charge in [0.1, 0.15) is 5.75 Å². The normalized spacial score (nSPS) is 9.89. The number of carboxylic acids is 1. The maximum Gasteiger partial charge on any atom is 0.303 e. The minimum Gasteiger partial charge on any atom is -0.496 e. The average molecular weight is 272 g/mol. The van der Waals surface area contributed by atoms with Gasteiger partial charge in [-0.2, -0.15) is 0 Å². The fraction of sp³-hybridized carbons (Fsp3) is 0.333. The molecule has 0 saturated carbocycles. The molecule has 0 radical (unpaired) electrons. The number of amides is 1. The SMILES string of the molecule is COc1cccc(Cl)c1CNC(=O)CCC(=O)O. The lowest BCUT2D eigenvalue weighted by molar-refractivity contribution is -0.138. The van der Waals surface area contributed by atoms with Crippen LogP contribution in [0.2, 0.25) is 5.02 Å². The van der Waals surface area contributed by atoms with Crippen molar-refractivity contribution in [2.75, 3.05) is 7.11 Å². The van der Waals surface area contributed by atoms with Gasteiger partial charge in [0, 0.05) is 23.6 Å². The van der Waals surface area contributed by atoms with Crippen molar-refractivity contribution in [3.8, 4) is 5.75 Å². The highest BCUT2D eigenvalue weighted by atomic mass is 35.5. The lowest BCUT2D eigenvalue weighted by Gasteiger charge is -2.11. The first-order chi connectivity index (χ1) is 8.54. The van der Waals surface area contributed by atoms with Crippen molar-refractivity contribution < 1.29 is 19.4 Å². The number of halogens is 1. The minimum atomic E-state index is -1.000. The van der Waals surface area contributed by atoms with Gasteiger partial charge < -0.3 is 15.2 Å². The van der Waals surface area contributed by atoms with Gasteiger partial charge in [-0.3, -0.25) is 9.59 Å². The van der Waals surface area contributed by atoms with Crippen molar-refractivity contribution in [2.45, 2.75) is 19.4 Å². The number of carbonyl (C=O) groups excluding carboxylic acids is 1. The Bertz CT molecular complexity index is 448. The van der Waals surface area contributed by atoms with Crippen LogP contribution in [0.4, 0.5) is 0 Å². The molecule has 98 valence electrons. The van der Waals surface area contributed by atoms with Gasteiger partial charge in [0.05, 0.1) is 13.5 Å². The average Bonchev–Trinajstić information content (AvgIpc) is 2.34. The molecule has 1 rings (SSSR count). The quantitative estimate of drug-likeness (QED) is 0.828. The van der Waals surface area contributed by atoms with E-state index in [9.17, 15) is 9.59 Å². The van der Waals surface area contributed by atoms with E-state index in [-0.39, 0.29) is 25.3 Å². The summed E-state index contributed by atoms with van der Waals surface area (Å²) in [6.45, 7) is 0.210. The summed E-state index contributed by atoms with van der Waals surface area (Å²) in [6, 6.07) is 5.18. The first-order valence-corrected chi connectivity index (χ1v) is 5.72. The molecule has 0 bridgehead atoms. The Morgan fingerprint density at radius 1 is 1.39 bits per heavy atom. The summed E-state index contributed by atoms with van der Waals surface area (Å²) in [5.41, 5.74) is 0.672. The van der Waals surface area contributed by atoms with E-state index in [1.807, 2.05) is 0 Å². The molecule has 0 aliphatic rings. The number of hydrogen-bond acceptors (Lipinski definition) is 3. The predicted octanol–water partition coefficient (Wildman–Crippen LogP) is 1.83. The number of rotatable bonds is 6. The maximum atomic E-state index is 11.4. The van der Waals surface area contributed by atoms with Gasteiger partial charge in [-0.25, -0.2) is 0 Å². The Labute approximate surface area is 110 Å². The molecule has 0 aromatic heterocycles. The molecule has 0 saturated heterocycles. The zero-order valence-corrected chi connectivity index (χ0v) is 10.7. The van der Waals surface area contributed by atoms with Crippen LogP contribution in [0.15, 0.2) is 18.2 Å². The second-order valence-corrected chi connectivity index (χ2v) is 4.00. The van der Waals surface area contributed by atoms with Gasteiger partial charge in [-0.05, 0) is 12.1 Å². The molecule has 1 amide bonds. The molecule has 2 N–H and O–H groups in total. The van der Waals surface area contributed by atoms with Gasteiger partial charge in [-0.1, -0.05) is 17.7 Å². The molecule has 6 heteroatoms. The highest BCUT2D eigenvalue weighted by Crippen LogP contribution is 2.25. The fourth-order valence-electron chi connectivity index (χ4n) is 1.40. The van der Waals surface area contributed by atoms with E-state index in [1.54, 1.807) is 18.2 Å². The minimum absolute atomic E-state index is 0.0535. The molecule has 0 unspecified atom stereocenters. The highest BCUT2D eigenvalue weighted by Gasteiger charge is 2.10.